The number of aromatic nitrogens is 2. The number of hydrogen-bond acceptors (Lipinski definition) is 7. The Kier molecular flexibility index (Phi) is 6.67. The van der Waals surface area contributed by atoms with E-state index in [4.69, 9.17) is 31.2 Å². The van der Waals surface area contributed by atoms with E-state index >= 15 is 0 Å². The van der Waals surface area contributed by atoms with Crippen molar-refractivity contribution in [2.24, 2.45) is 0 Å². The molecule has 0 radical (unpaired) electrons. The van der Waals surface area contributed by atoms with Gasteiger partial charge in [-0.3, -0.25) is 0 Å². The minimum atomic E-state index is -1.05. The van der Waals surface area contributed by atoms with Crippen molar-refractivity contribution < 1.29 is 23.8 Å². The van der Waals surface area contributed by atoms with Gasteiger partial charge in [0, 0.05) is 30.5 Å². The third-order valence-corrected chi connectivity index (χ3v) is 5.05. The Morgan fingerprint density at radius 2 is 2.06 bits per heavy atom. The molecule has 166 valence electrons. The fraction of sp³-hybridized carbons (Fsp3) is 0.227. The third-order valence-electron chi connectivity index (χ3n) is 4.76. The number of ether oxygens (including phenoxy) is 2. The number of benzene rings is 2. The number of carbonyl (C=O) groups is 1. The minimum absolute atomic E-state index is 0.00167. The van der Waals surface area contributed by atoms with Crippen molar-refractivity contribution >= 4 is 35.0 Å². The van der Waals surface area contributed by atoms with Crippen LogP contribution in [0, 0.1) is 5.82 Å². The zero-order valence-corrected chi connectivity index (χ0v) is 17.7. The summed E-state index contributed by atoms with van der Waals surface area (Å²) in [6.07, 6.45) is 1.68. The Balaban J connectivity index is 1.68. The van der Waals surface area contributed by atoms with Gasteiger partial charge in [-0.1, -0.05) is 23.7 Å². The van der Waals surface area contributed by atoms with Crippen LogP contribution in [0.2, 0.25) is 5.02 Å². The second-order valence-electron chi connectivity index (χ2n) is 6.99. The van der Waals surface area contributed by atoms with Gasteiger partial charge in [-0.15, -0.1) is 0 Å². The van der Waals surface area contributed by atoms with Crippen LogP contribution in [-0.4, -0.2) is 54.0 Å². The van der Waals surface area contributed by atoms with Crippen LogP contribution in [0.4, 0.5) is 21.8 Å². The Hall–Kier alpha value is -3.43. The van der Waals surface area contributed by atoms with Gasteiger partial charge in [0.05, 0.1) is 18.2 Å². The van der Waals surface area contributed by atoms with Gasteiger partial charge < -0.3 is 24.8 Å². The summed E-state index contributed by atoms with van der Waals surface area (Å²) in [4.78, 5) is 22.0. The average molecular weight is 459 g/mol. The van der Waals surface area contributed by atoms with Crippen molar-refractivity contribution in [2.45, 2.75) is 0 Å². The van der Waals surface area contributed by atoms with Crippen molar-refractivity contribution in [2.75, 3.05) is 43.1 Å². The molecule has 2 heterocycles. The molecular weight excluding hydrogens is 439 g/mol. The maximum Gasteiger partial charge on any atom is 0.341 e. The lowest BCUT2D eigenvalue weighted by Crippen LogP contribution is -2.37. The molecule has 0 aliphatic carbocycles. The molecule has 1 aliphatic heterocycles. The van der Waals surface area contributed by atoms with Crippen LogP contribution < -0.4 is 15.0 Å². The Morgan fingerprint density at radius 3 is 2.81 bits per heavy atom. The van der Waals surface area contributed by atoms with Crippen LogP contribution in [0.25, 0.3) is 11.1 Å². The molecule has 0 bridgehead atoms. The standard InChI is InChI=1S/C22H20ClFN4O4/c23-18-11-15(4-5-19(18)24)26-22-25-12-17(21(27-22)28-6-8-31-9-7-28)14-2-1-3-16(10-14)32-13-20(29)30/h1-5,10-12H,6-9,13H2,(H,29,30)(H,25,26,27). The van der Waals surface area contributed by atoms with Crippen LogP contribution in [0.5, 0.6) is 5.75 Å². The van der Waals surface area contributed by atoms with Gasteiger partial charge in [0.1, 0.15) is 17.4 Å². The predicted octanol–water partition coefficient (Wildman–Crippen LogP) is 3.98. The first-order valence-electron chi connectivity index (χ1n) is 9.86. The van der Waals surface area contributed by atoms with E-state index in [1.807, 2.05) is 6.07 Å². The largest absolute Gasteiger partial charge is 0.482 e. The molecule has 32 heavy (non-hydrogen) atoms. The average Bonchev–Trinajstić information content (AvgIpc) is 2.81. The molecule has 1 aliphatic rings. The first-order chi connectivity index (χ1) is 15.5. The number of aliphatic carboxylic acids is 1. The van der Waals surface area contributed by atoms with Crippen molar-refractivity contribution in [3.8, 4) is 16.9 Å². The van der Waals surface area contributed by atoms with E-state index in [0.29, 0.717) is 49.5 Å². The molecule has 2 N–H and O–H groups in total. The van der Waals surface area contributed by atoms with Crippen LogP contribution >= 0.6 is 11.6 Å². The van der Waals surface area contributed by atoms with Gasteiger partial charge >= 0.3 is 5.97 Å². The highest BCUT2D eigenvalue weighted by atomic mass is 35.5. The topological polar surface area (TPSA) is 96.8 Å². The number of carboxylic acid groups (broad SMARTS) is 1. The van der Waals surface area contributed by atoms with E-state index in [2.05, 4.69) is 15.2 Å². The van der Waals surface area contributed by atoms with Crippen molar-refractivity contribution in [1.29, 1.82) is 0 Å². The van der Waals surface area contributed by atoms with E-state index in [0.717, 1.165) is 11.1 Å². The number of hydrogen-bond donors (Lipinski definition) is 2. The lowest BCUT2D eigenvalue weighted by molar-refractivity contribution is -0.139. The summed E-state index contributed by atoms with van der Waals surface area (Å²) in [7, 11) is 0. The quantitative estimate of drug-likeness (QED) is 0.548. The molecule has 8 nitrogen and oxygen atoms in total. The fourth-order valence-electron chi connectivity index (χ4n) is 3.25. The second kappa shape index (κ2) is 9.80. The molecule has 3 aromatic rings. The normalized spacial score (nSPS) is 13.6. The Bertz CT molecular complexity index is 1120. The highest BCUT2D eigenvalue weighted by molar-refractivity contribution is 6.31. The monoisotopic (exact) mass is 458 g/mol. The molecule has 4 rings (SSSR count). The number of morpholine rings is 1. The zero-order valence-electron chi connectivity index (χ0n) is 16.9. The summed E-state index contributed by atoms with van der Waals surface area (Å²) >= 11 is 5.87. The van der Waals surface area contributed by atoms with E-state index < -0.39 is 18.4 Å². The molecule has 2 aromatic carbocycles. The Morgan fingerprint density at radius 1 is 1.25 bits per heavy atom. The van der Waals surface area contributed by atoms with Gasteiger partial charge in [-0.2, -0.15) is 4.98 Å². The van der Waals surface area contributed by atoms with Gasteiger partial charge in [-0.25, -0.2) is 14.2 Å². The number of rotatable bonds is 7. The fourth-order valence-corrected chi connectivity index (χ4v) is 3.43. The van der Waals surface area contributed by atoms with Gasteiger partial charge in [0.25, 0.3) is 0 Å². The van der Waals surface area contributed by atoms with Gasteiger partial charge in [0.2, 0.25) is 5.95 Å². The summed E-state index contributed by atoms with van der Waals surface area (Å²) in [5, 5.41) is 11.9. The number of nitrogens with zero attached hydrogens (tertiary/aromatic N) is 3. The summed E-state index contributed by atoms with van der Waals surface area (Å²) in [6, 6.07) is 11.4. The molecule has 1 fully saturated rings. The van der Waals surface area contributed by atoms with E-state index in [1.54, 1.807) is 30.5 Å². The smallest absolute Gasteiger partial charge is 0.341 e. The maximum atomic E-state index is 13.5. The van der Waals surface area contributed by atoms with Crippen LogP contribution in [-0.2, 0) is 9.53 Å². The summed E-state index contributed by atoms with van der Waals surface area (Å²) in [5.74, 6) is -0.108. The molecule has 0 spiro atoms. The molecule has 1 aromatic heterocycles. The first kappa shape index (κ1) is 21.8. The van der Waals surface area contributed by atoms with Crippen molar-refractivity contribution in [3.63, 3.8) is 0 Å². The number of anilines is 3. The van der Waals surface area contributed by atoms with Crippen molar-refractivity contribution in [1.82, 2.24) is 9.97 Å². The molecule has 0 amide bonds. The predicted molar refractivity (Wildman–Crippen MR) is 118 cm³/mol. The van der Waals surface area contributed by atoms with E-state index in [9.17, 15) is 9.18 Å². The van der Waals surface area contributed by atoms with Crippen LogP contribution in [0.1, 0.15) is 0 Å². The minimum Gasteiger partial charge on any atom is -0.482 e. The molecular formula is C22H20ClFN4O4. The van der Waals surface area contributed by atoms with Crippen LogP contribution in [0.3, 0.4) is 0 Å². The lowest BCUT2D eigenvalue weighted by atomic mass is 10.1. The Labute approximate surface area is 188 Å². The summed E-state index contributed by atoms with van der Waals surface area (Å²) in [5.41, 5.74) is 2.10. The molecule has 0 unspecified atom stereocenters. The second-order valence-corrected chi connectivity index (χ2v) is 7.40. The van der Waals surface area contributed by atoms with Crippen molar-refractivity contribution in [3.05, 3.63) is 59.5 Å². The molecule has 0 saturated carbocycles. The third kappa shape index (κ3) is 5.24. The van der Waals surface area contributed by atoms with E-state index in [-0.39, 0.29) is 5.02 Å². The molecule has 0 atom stereocenters. The maximum absolute atomic E-state index is 13.5. The summed E-state index contributed by atoms with van der Waals surface area (Å²) in [6.45, 7) is 2.02. The molecule has 10 heteroatoms. The SMILES string of the molecule is O=C(O)COc1cccc(-c2cnc(Nc3ccc(F)c(Cl)c3)nc2N2CCOCC2)c1. The molecule has 1 saturated heterocycles. The first-order valence-corrected chi connectivity index (χ1v) is 10.2. The van der Waals surface area contributed by atoms with E-state index in [1.165, 1.54) is 12.1 Å². The number of halogens is 2. The number of carboxylic acids is 1. The van der Waals surface area contributed by atoms with Gasteiger partial charge in [0.15, 0.2) is 6.61 Å². The zero-order chi connectivity index (χ0) is 22.5. The lowest BCUT2D eigenvalue weighted by Gasteiger charge is -2.29. The van der Waals surface area contributed by atoms with Crippen LogP contribution in [0.15, 0.2) is 48.7 Å². The summed E-state index contributed by atoms with van der Waals surface area (Å²) < 4.78 is 24.2. The van der Waals surface area contributed by atoms with Gasteiger partial charge in [-0.05, 0) is 35.9 Å². The highest BCUT2D eigenvalue weighted by Crippen LogP contribution is 2.33. The highest BCUT2D eigenvalue weighted by Gasteiger charge is 2.19. The number of nitrogens with one attached hydrogen (secondary N) is 1.